The number of likely N-dealkylation sites (N-methyl/N-ethyl adjacent to an activating group) is 1. The van der Waals surface area contributed by atoms with E-state index < -0.39 is 0 Å². The number of rotatable bonds is 9. The molecule has 29 heavy (non-hydrogen) atoms. The molecule has 2 amide bonds. The van der Waals surface area contributed by atoms with Gasteiger partial charge in [-0.15, -0.1) is 0 Å². The van der Waals surface area contributed by atoms with Crippen molar-refractivity contribution in [2.24, 2.45) is 0 Å². The fourth-order valence-electron chi connectivity index (χ4n) is 3.30. The fraction of sp³-hybridized carbons (Fsp3) is 0.417. The van der Waals surface area contributed by atoms with Crippen molar-refractivity contribution in [2.45, 2.75) is 47.0 Å². The molecule has 0 saturated carbocycles. The van der Waals surface area contributed by atoms with E-state index in [1.807, 2.05) is 32.9 Å². The van der Waals surface area contributed by atoms with Crippen molar-refractivity contribution < 1.29 is 14.3 Å². The van der Waals surface area contributed by atoms with Crippen LogP contribution in [0, 0.1) is 20.8 Å². The number of hydrogen-bond acceptors (Lipinski definition) is 3. The second kappa shape index (κ2) is 10.6. The summed E-state index contributed by atoms with van der Waals surface area (Å²) >= 11 is 0. The Balaban J connectivity index is 1.92. The maximum absolute atomic E-state index is 12.6. The summed E-state index contributed by atoms with van der Waals surface area (Å²) in [6, 6.07) is 11.1. The largest absolute Gasteiger partial charge is 0.494 e. The predicted molar refractivity (Wildman–Crippen MR) is 118 cm³/mol. The number of carbonyl (C=O) groups is 2. The van der Waals surface area contributed by atoms with Gasteiger partial charge in [0.1, 0.15) is 5.75 Å². The highest BCUT2D eigenvalue weighted by Crippen LogP contribution is 2.22. The van der Waals surface area contributed by atoms with Gasteiger partial charge in [0.25, 0.3) is 5.91 Å². The summed E-state index contributed by atoms with van der Waals surface area (Å²) in [6.45, 7) is 8.78. The molecule has 0 unspecified atom stereocenters. The molecule has 0 spiro atoms. The Kier molecular flexibility index (Phi) is 8.25. The maximum Gasteiger partial charge on any atom is 0.254 e. The quantitative estimate of drug-likeness (QED) is 0.614. The lowest BCUT2D eigenvalue weighted by Crippen LogP contribution is -2.35. The van der Waals surface area contributed by atoms with Gasteiger partial charge < -0.3 is 15.0 Å². The van der Waals surface area contributed by atoms with Crippen molar-refractivity contribution in [3.8, 4) is 5.75 Å². The van der Waals surface area contributed by atoms with E-state index in [-0.39, 0.29) is 18.4 Å². The summed E-state index contributed by atoms with van der Waals surface area (Å²) in [6.07, 6.45) is 3.32. The molecule has 156 valence electrons. The summed E-state index contributed by atoms with van der Waals surface area (Å²) in [5.74, 6) is 0.338. The zero-order valence-corrected chi connectivity index (χ0v) is 18.2. The zero-order valence-electron chi connectivity index (χ0n) is 18.2. The van der Waals surface area contributed by atoms with Gasteiger partial charge in [-0.05, 0) is 62.6 Å². The molecule has 0 atom stereocenters. The molecule has 0 bridgehead atoms. The highest BCUT2D eigenvalue weighted by atomic mass is 16.5. The number of nitrogens with one attached hydrogen (secondary N) is 1. The summed E-state index contributed by atoms with van der Waals surface area (Å²) in [5, 5.41) is 2.93. The lowest BCUT2D eigenvalue weighted by Gasteiger charge is -2.19. The fourth-order valence-corrected chi connectivity index (χ4v) is 3.30. The van der Waals surface area contributed by atoms with Crippen molar-refractivity contribution in [1.82, 2.24) is 4.90 Å². The van der Waals surface area contributed by atoms with E-state index in [2.05, 4.69) is 12.2 Å². The van der Waals surface area contributed by atoms with Crippen molar-refractivity contribution >= 4 is 17.5 Å². The molecule has 1 N–H and O–H groups in total. The van der Waals surface area contributed by atoms with Crippen LogP contribution in [-0.4, -0.2) is 36.9 Å². The second-order valence-electron chi connectivity index (χ2n) is 7.56. The van der Waals surface area contributed by atoms with Crippen molar-refractivity contribution in [3.05, 3.63) is 58.7 Å². The number of amides is 2. The molecular weight excluding hydrogens is 364 g/mol. The number of benzene rings is 2. The minimum atomic E-state index is -0.216. The Morgan fingerprint density at radius 3 is 2.21 bits per heavy atom. The molecule has 0 heterocycles. The Morgan fingerprint density at radius 2 is 1.62 bits per heavy atom. The first-order valence-corrected chi connectivity index (χ1v) is 10.2. The number of anilines is 1. The third kappa shape index (κ3) is 6.63. The van der Waals surface area contributed by atoms with Crippen LogP contribution in [0.3, 0.4) is 0 Å². The topological polar surface area (TPSA) is 58.6 Å². The third-order valence-corrected chi connectivity index (χ3v) is 4.79. The van der Waals surface area contributed by atoms with Gasteiger partial charge in [0, 0.05) is 18.3 Å². The highest BCUT2D eigenvalue weighted by molar-refractivity contribution is 5.99. The van der Waals surface area contributed by atoms with E-state index in [1.165, 1.54) is 4.90 Å². The minimum absolute atomic E-state index is 0.0130. The van der Waals surface area contributed by atoms with E-state index >= 15 is 0 Å². The molecule has 5 heteroatoms. The standard InChI is InChI=1S/C24H32N2O3/c1-6-7-8-13-29-21-11-9-20(10-12-21)24(28)26(5)16-22(27)25-23-18(3)14-17(2)15-19(23)4/h9-12,14-15H,6-8,13,16H2,1-5H3,(H,25,27). The van der Waals surface area contributed by atoms with E-state index in [4.69, 9.17) is 4.74 Å². The van der Waals surface area contributed by atoms with Gasteiger partial charge in [-0.1, -0.05) is 37.5 Å². The summed E-state index contributed by atoms with van der Waals surface area (Å²) in [4.78, 5) is 26.5. The molecule has 0 aliphatic rings. The van der Waals surface area contributed by atoms with Crippen LogP contribution in [0.5, 0.6) is 5.75 Å². The molecular formula is C24H32N2O3. The first kappa shape index (κ1) is 22.5. The van der Waals surface area contributed by atoms with Gasteiger partial charge >= 0.3 is 0 Å². The van der Waals surface area contributed by atoms with Crippen LogP contribution in [0.2, 0.25) is 0 Å². The number of ether oxygens (including phenoxy) is 1. The first-order chi connectivity index (χ1) is 13.8. The van der Waals surface area contributed by atoms with Crippen molar-refractivity contribution in [1.29, 1.82) is 0 Å². The number of hydrogen-bond donors (Lipinski definition) is 1. The van der Waals surface area contributed by atoms with E-state index in [0.717, 1.165) is 47.4 Å². The third-order valence-electron chi connectivity index (χ3n) is 4.79. The molecule has 0 radical (unpaired) electrons. The van der Waals surface area contributed by atoms with Crippen LogP contribution in [0.15, 0.2) is 36.4 Å². The summed E-state index contributed by atoms with van der Waals surface area (Å²) < 4.78 is 5.68. The lowest BCUT2D eigenvalue weighted by atomic mass is 10.1. The zero-order chi connectivity index (χ0) is 21.4. The Bertz CT molecular complexity index is 821. The number of unbranched alkanes of at least 4 members (excludes halogenated alkanes) is 2. The van der Waals surface area contributed by atoms with Crippen LogP contribution in [0.1, 0.15) is 53.2 Å². The first-order valence-electron chi connectivity index (χ1n) is 10.2. The molecule has 0 aliphatic heterocycles. The monoisotopic (exact) mass is 396 g/mol. The molecule has 5 nitrogen and oxygen atoms in total. The lowest BCUT2D eigenvalue weighted by molar-refractivity contribution is -0.116. The van der Waals surface area contributed by atoms with Crippen LogP contribution in [0.4, 0.5) is 5.69 Å². The number of nitrogens with zero attached hydrogens (tertiary/aromatic N) is 1. The van der Waals surface area contributed by atoms with Crippen molar-refractivity contribution in [3.63, 3.8) is 0 Å². The van der Waals surface area contributed by atoms with Gasteiger partial charge in [0.2, 0.25) is 5.91 Å². The van der Waals surface area contributed by atoms with Crippen LogP contribution < -0.4 is 10.1 Å². The summed E-state index contributed by atoms with van der Waals surface area (Å²) in [5.41, 5.74) is 4.52. The van der Waals surface area contributed by atoms with Crippen LogP contribution >= 0.6 is 0 Å². The van der Waals surface area contributed by atoms with E-state index in [1.54, 1.807) is 31.3 Å². The molecule has 2 aromatic rings. The molecule has 0 fully saturated rings. The van der Waals surface area contributed by atoms with E-state index in [9.17, 15) is 9.59 Å². The average Bonchev–Trinajstić information content (AvgIpc) is 2.68. The SMILES string of the molecule is CCCCCOc1ccc(C(=O)N(C)CC(=O)Nc2c(C)cc(C)cc2C)cc1. The minimum Gasteiger partial charge on any atom is -0.494 e. The average molecular weight is 397 g/mol. The van der Waals surface area contributed by atoms with Crippen LogP contribution in [0.25, 0.3) is 0 Å². The number of aryl methyl sites for hydroxylation is 3. The molecule has 0 aromatic heterocycles. The Hall–Kier alpha value is -2.82. The van der Waals surface area contributed by atoms with Gasteiger partial charge in [-0.2, -0.15) is 0 Å². The number of carbonyl (C=O) groups excluding carboxylic acids is 2. The van der Waals surface area contributed by atoms with Crippen LogP contribution in [-0.2, 0) is 4.79 Å². The van der Waals surface area contributed by atoms with Crippen molar-refractivity contribution in [2.75, 3.05) is 25.5 Å². The maximum atomic E-state index is 12.6. The van der Waals surface area contributed by atoms with E-state index in [0.29, 0.717) is 12.2 Å². The molecule has 2 aromatic carbocycles. The van der Waals surface area contributed by atoms with Gasteiger partial charge in [-0.3, -0.25) is 9.59 Å². The Morgan fingerprint density at radius 1 is 1.00 bits per heavy atom. The predicted octanol–water partition coefficient (Wildman–Crippen LogP) is 4.89. The smallest absolute Gasteiger partial charge is 0.254 e. The molecule has 0 saturated heterocycles. The van der Waals surface area contributed by atoms with Gasteiger partial charge in [0.05, 0.1) is 13.2 Å². The normalized spacial score (nSPS) is 10.5. The summed E-state index contributed by atoms with van der Waals surface area (Å²) in [7, 11) is 1.63. The molecule has 2 rings (SSSR count). The van der Waals surface area contributed by atoms with Gasteiger partial charge in [-0.25, -0.2) is 0 Å². The highest BCUT2D eigenvalue weighted by Gasteiger charge is 2.16. The Labute approximate surface area is 174 Å². The second-order valence-corrected chi connectivity index (χ2v) is 7.56. The molecule has 0 aliphatic carbocycles. The van der Waals surface area contributed by atoms with Gasteiger partial charge in [0.15, 0.2) is 0 Å².